The molecule has 6 heteroatoms. The van der Waals surface area contributed by atoms with Crippen LogP contribution in [0.1, 0.15) is 36.5 Å². The van der Waals surface area contributed by atoms with Gasteiger partial charge < -0.3 is 19.5 Å². The molecule has 0 saturated heterocycles. The highest BCUT2D eigenvalue weighted by Gasteiger charge is 2.31. The first-order chi connectivity index (χ1) is 11.2. The van der Waals surface area contributed by atoms with Crippen LogP contribution in [0, 0.1) is 0 Å². The Kier molecular flexibility index (Phi) is 4.81. The summed E-state index contributed by atoms with van der Waals surface area (Å²) in [6.45, 7) is 3.04. The van der Waals surface area contributed by atoms with Gasteiger partial charge in [0, 0.05) is 11.6 Å². The monoisotopic (exact) mass is 319 g/mol. The molecule has 1 aromatic carbocycles. The Bertz CT molecular complexity index is 597. The zero-order chi connectivity index (χ0) is 16.2. The highest BCUT2D eigenvalue weighted by molar-refractivity contribution is 6.02. The summed E-state index contributed by atoms with van der Waals surface area (Å²) in [6.07, 6.45) is 2.11. The summed E-state index contributed by atoms with van der Waals surface area (Å²) in [7, 11) is 0. The van der Waals surface area contributed by atoms with Crippen molar-refractivity contribution < 1.29 is 23.8 Å². The lowest BCUT2D eigenvalue weighted by atomic mass is 10.0. The van der Waals surface area contributed by atoms with Crippen LogP contribution in [0.25, 0.3) is 0 Å². The number of fused-ring (bicyclic) bond motifs is 1. The van der Waals surface area contributed by atoms with Crippen LogP contribution < -0.4 is 14.8 Å². The van der Waals surface area contributed by atoms with Crippen molar-refractivity contribution in [1.29, 1.82) is 0 Å². The molecule has 1 N–H and O–H groups in total. The van der Waals surface area contributed by atoms with Crippen LogP contribution in [-0.2, 0) is 9.53 Å². The molecule has 1 aliphatic heterocycles. The van der Waals surface area contributed by atoms with E-state index in [1.54, 1.807) is 25.1 Å². The average Bonchev–Trinajstić information content (AvgIpc) is 3.37. The molecule has 0 bridgehead atoms. The van der Waals surface area contributed by atoms with Gasteiger partial charge >= 0.3 is 5.97 Å². The number of hydrogen-bond acceptors (Lipinski definition) is 6. The van der Waals surface area contributed by atoms with Gasteiger partial charge in [-0.1, -0.05) is 0 Å². The summed E-state index contributed by atoms with van der Waals surface area (Å²) in [5, 5.41) is 3.24. The summed E-state index contributed by atoms with van der Waals surface area (Å²) in [4.78, 5) is 24.5. The van der Waals surface area contributed by atoms with Crippen molar-refractivity contribution in [3.8, 4) is 11.5 Å². The van der Waals surface area contributed by atoms with Crippen molar-refractivity contribution in [2.75, 3.05) is 19.8 Å². The molecule has 1 saturated carbocycles. The number of ketones is 1. The van der Waals surface area contributed by atoms with Gasteiger partial charge in [-0.05, 0) is 38.0 Å². The summed E-state index contributed by atoms with van der Waals surface area (Å²) in [5.74, 6) is 0.728. The Morgan fingerprint density at radius 2 is 2.00 bits per heavy atom. The summed E-state index contributed by atoms with van der Waals surface area (Å²) in [5.41, 5.74) is 0.511. The molecular weight excluding hydrogens is 298 g/mol. The van der Waals surface area contributed by atoms with Gasteiger partial charge in [0.15, 0.2) is 17.3 Å². The Balaban J connectivity index is 1.74. The normalized spacial score (nSPS) is 17.4. The number of carbonyl (C=O) groups excluding carboxylic acids is 2. The Hall–Kier alpha value is -2.08. The zero-order valence-electron chi connectivity index (χ0n) is 13.2. The Morgan fingerprint density at radius 1 is 1.26 bits per heavy atom. The van der Waals surface area contributed by atoms with E-state index in [9.17, 15) is 9.59 Å². The van der Waals surface area contributed by atoms with E-state index in [1.165, 1.54) is 0 Å². The molecule has 3 rings (SSSR count). The predicted octanol–water partition coefficient (Wildman–Crippen LogP) is 1.71. The van der Waals surface area contributed by atoms with Gasteiger partial charge in [0.25, 0.3) is 0 Å². The fraction of sp³-hybridized carbons (Fsp3) is 0.529. The maximum atomic E-state index is 12.8. The molecule has 1 heterocycles. The highest BCUT2D eigenvalue weighted by Crippen LogP contribution is 2.31. The van der Waals surface area contributed by atoms with E-state index in [1.807, 2.05) is 0 Å². The Labute approximate surface area is 135 Å². The SMILES string of the molecule is CCOC(=O)CC(NC1CC1)C(=O)c1ccc2c(c1)OCCO2. The largest absolute Gasteiger partial charge is 0.486 e. The Morgan fingerprint density at radius 3 is 2.70 bits per heavy atom. The van der Waals surface area contributed by atoms with E-state index >= 15 is 0 Å². The molecule has 0 aromatic heterocycles. The van der Waals surface area contributed by atoms with E-state index in [4.69, 9.17) is 14.2 Å². The van der Waals surface area contributed by atoms with Crippen LogP contribution in [-0.4, -0.2) is 43.7 Å². The van der Waals surface area contributed by atoms with Crippen molar-refractivity contribution in [3.05, 3.63) is 23.8 Å². The van der Waals surface area contributed by atoms with Crippen LogP contribution in [0.4, 0.5) is 0 Å². The predicted molar refractivity (Wildman–Crippen MR) is 83.0 cm³/mol. The molecule has 1 aliphatic carbocycles. The number of nitrogens with one attached hydrogen (secondary N) is 1. The molecule has 0 amide bonds. The number of hydrogen-bond donors (Lipinski definition) is 1. The van der Waals surface area contributed by atoms with Gasteiger partial charge in [-0.25, -0.2) is 0 Å². The molecule has 2 aliphatic rings. The minimum atomic E-state index is -0.566. The third-order valence-electron chi connectivity index (χ3n) is 3.83. The molecule has 1 unspecified atom stereocenters. The van der Waals surface area contributed by atoms with Crippen molar-refractivity contribution in [3.63, 3.8) is 0 Å². The molecule has 0 spiro atoms. The molecule has 1 aromatic rings. The smallest absolute Gasteiger partial charge is 0.307 e. The molecule has 124 valence electrons. The molecule has 23 heavy (non-hydrogen) atoms. The summed E-state index contributed by atoms with van der Waals surface area (Å²) >= 11 is 0. The van der Waals surface area contributed by atoms with Crippen LogP contribution in [0.5, 0.6) is 11.5 Å². The van der Waals surface area contributed by atoms with Gasteiger partial charge in [0.2, 0.25) is 0 Å². The topological polar surface area (TPSA) is 73.9 Å². The lowest BCUT2D eigenvalue weighted by Crippen LogP contribution is -2.40. The van der Waals surface area contributed by atoms with Crippen LogP contribution >= 0.6 is 0 Å². The van der Waals surface area contributed by atoms with Crippen LogP contribution in [0.3, 0.4) is 0 Å². The zero-order valence-corrected chi connectivity index (χ0v) is 13.2. The summed E-state index contributed by atoms with van der Waals surface area (Å²) in [6, 6.07) is 4.88. The maximum absolute atomic E-state index is 12.8. The van der Waals surface area contributed by atoms with Gasteiger partial charge in [-0.15, -0.1) is 0 Å². The molecule has 1 fully saturated rings. The third kappa shape index (κ3) is 4.01. The summed E-state index contributed by atoms with van der Waals surface area (Å²) < 4.78 is 16.0. The van der Waals surface area contributed by atoms with Crippen molar-refractivity contribution in [1.82, 2.24) is 5.32 Å². The van der Waals surface area contributed by atoms with Gasteiger partial charge in [-0.3, -0.25) is 9.59 Å². The fourth-order valence-corrected chi connectivity index (χ4v) is 2.55. The first-order valence-corrected chi connectivity index (χ1v) is 8.03. The minimum Gasteiger partial charge on any atom is -0.486 e. The first kappa shape index (κ1) is 15.8. The van der Waals surface area contributed by atoms with Crippen LogP contribution in [0.2, 0.25) is 0 Å². The lowest BCUT2D eigenvalue weighted by Gasteiger charge is -2.20. The second-order valence-electron chi connectivity index (χ2n) is 5.73. The van der Waals surface area contributed by atoms with Gasteiger partial charge in [0.1, 0.15) is 13.2 Å². The lowest BCUT2D eigenvalue weighted by molar-refractivity contribution is -0.143. The third-order valence-corrected chi connectivity index (χ3v) is 3.83. The number of ether oxygens (including phenoxy) is 3. The van der Waals surface area contributed by atoms with Crippen molar-refractivity contribution in [2.45, 2.75) is 38.3 Å². The van der Waals surface area contributed by atoms with E-state index in [2.05, 4.69) is 5.32 Å². The maximum Gasteiger partial charge on any atom is 0.307 e. The number of benzene rings is 1. The van der Waals surface area contributed by atoms with Crippen LogP contribution in [0.15, 0.2) is 18.2 Å². The number of rotatable bonds is 7. The quantitative estimate of drug-likeness (QED) is 0.609. The standard InChI is InChI=1S/C17H21NO5/c1-2-21-16(19)10-13(18-12-4-5-12)17(20)11-3-6-14-15(9-11)23-8-7-22-14/h3,6,9,12-13,18H,2,4-5,7-8,10H2,1H3. The van der Waals surface area contributed by atoms with Crippen molar-refractivity contribution in [2.24, 2.45) is 0 Å². The van der Waals surface area contributed by atoms with E-state index in [0.717, 1.165) is 12.8 Å². The number of carbonyl (C=O) groups is 2. The second-order valence-corrected chi connectivity index (χ2v) is 5.73. The number of esters is 1. The first-order valence-electron chi connectivity index (χ1n) is 8.03. The average molecular weight is 319 g/mol. The second kappa shape index (κ2) is 7.00. The van der Waals surface area contributed by atoms with E-state index in [-0.39, 0.29) is 18.2 Å². The molecule has 1 atom stereocenters. The molecular formula is C17H21NO5. The molecule has 6 nitrogen and oxygen atoms in total. The highest BCUT2D eigenvalue weighted by atomic mass is 16.6. The fourth-order valence-electron chi connectivity index (χ4n) is 2.55. The number of Topliss-reactive ketones (excluding diaryl/α,β-unsaturated/α-hetero) is 1. The van der Waals surface area contributed by atoms with Crippen molar-refractivity contribution >= 4 is 11.8 Å². The minimum absolute atomic E-state index is 0.0393. The van der Waals surface area contributed by atoms with Gasteiger partial charge in [-0.2, -0.15) is 0 Å². The molecule has 0 radical (unpaired) electrons. The van der Waals surface area contributed by atoms with E-state index in [0.29, 0.717) is 42.9 Å². The van der Waals surface area contributed by atoms with E-state index < -0.39 is 6.04 Å². The van der Waals surface area contributed by atoms with Gasteiger partial charge in [0.05, 0.1) is 19.1 Å².